The first-order valence-corrected chi connectivity index (χ1v) is 9.35. The zero-order valence-electron chi connectivity index (χ0n) is 12.9. The Balaban J connectivity index is 1.52. The Labute approximate surface area is 132 Å². The van der Waals surface area contributed by atoms with Gasteiger partial charge in [0.1, 0.15) is 5.82 Å². The summed E-state index contributed by atoms with van der Waals surface area (Å²) in [5, 5.41) is 3.64. The molecule has 2 aliphatic carbocycles. The maximum absolute atomic E-state index is 13.2. The van der Waals surface area contributed by atoms with E-state index in [-0.39, 0.29) is 5.82 Å². The molecule has 4 atom stereocenters. The molecule has 3 rings (SSSR count). The fourth-order valence-corrected chi connectivity index (χ4v) is 5.30. The quantitative estimate of drug-likeness (QED) is 0.731. The third kappa shape index (κ3) is 4.01. The van der Waals surface area contributed by atoms with Crippen molar-refractivity contribution in [2.24, 2.45) is 17.8 Å². The summed E-state index contributed by atoms with van der Waals surface area (Å²) in [6, 6.07) is 7.53. The zero-order valence-corrected chi connectivity index (χ0v) is 13.7. The average molecular weight is 307 g/mol. The van der Waals surface area contributed by atoms with Crippen molar-refractivity contribution in [1.82, 2.24) is 5.32 Å². The molecule has 1 nitrogen and oxygen atoms in total. The van der Waals surface area contributed by atoms with E-state index in [4.69, 9.17) is 0 Å². The summed E-state index contributed by atoms with van der Waals surface area (Å²) >= 11 is 1.78. The second-order valence-electron chi connectivity index (χ2n) is 6.69. The molecule has 0 aliphatic heterocycles. The number of hydrogen-bond donors (Lipinski definition) is 1. The van der Waals surface area contributed by atoms with Crippen LogP contribution >= 0.6 is 11.8 Å². The number of fused-ring (bicyclic) bond motifs is 2. The van der Waals surface area contributed by atoms with Gasteiger partial charge in [-0.25, -0.2) is 4.39 Å². The Kier molecular flexibility index (Phi) is 5.23. The fraction of sp³-hybridized carbons (Fsp3) is 0.667. The van der Waals surface area contributed by atoms with Crippen LogP contribution < -0.4 is 5.32 Å². The molecule has 3 heteroatoms. The molecule has 1 aromatic carbocycles. The molecule has 0 amide bonds. The lowest BCUT2D eigenvalue weighted by Gasteiger charge is -2.27. The van der Waals surface area contributed by atoms with Gasteiger partial charge in [-0.05, 0) is 68.2 Å². The second-order valence-corrected chi connectivity index (χ2v) is 7.79. The van der Waals surface area contributed by atoms with Crippen LogP contribution in [0.2, 0.25) is 0 Å². The van der Waals surface area contributed by atoms with Gasteiger partial charge in [-0.3, -0.25) is 0 Å². The van der Waals surface area contributed by atoms with Gasteiger partial charge in [0.25, 0.3) is 0 Å². The molecule has 0 spiro atoms. The van der Waals surface area contributed by atoms with Crippen LogP contribution in [0.3, 0.4) is 0 Å². The van der Waals surface area contributed by atoms with Crippen LogP contribution in [0.1, 0.15) is 39.0 Å². The van der Waals surface area contributed by atoms with E-state index in [0.717, 1.165) is 34.9 Å². The van der Waals surface area contributed by atoms with Crippen LogP contribution in [0.15, 0.2) is 29.2 Å². The first kappa shape index (κ1) is 15.4. The molecule has 1 aromatic rings. The highest BCUT2D eigenvalue weighted by Crippen LogP contribution is 2.50. The molecule has 1 N–H and O–H groups in total. The molecule has 4 unspecified atom stereocenters. The van der Waals surface area contributed by atoms with Crippen molar-refractivity contribution >= 4 is 11.8 Å². The summed E-state index contributed by atoms with van der Waals surface area (Å²) in [4.78, 5) is 1.05. The fourth-order valence-electron chi connectivity index (χ4n) is 4.28. The molecule has 21 heavy (non-hydrogen) atoms. The SMILES string of the molecule is CCNC(CSc1cccc(F)c1)CC1CC2CCC1C2. The van der Waals surface area contributed by atoms with Crippen molar-refractivity contribution < 1.29 is 4.39 Å². The van der Waals surface area contributed by atoms with Crippen molar-refractivity contribution in [2.75, 3.05) is 12.3 Å². The lowest BCUT2D eigenvalue weighted by atomic mass is 9.84. The van der Waals surface area contributed by atoms with Crippen molar-refractivity contribution in [3.8, 4) is 0 Å². The standard InChI is InChI=1S/C18H26FNS/c1-2-20-17(10-15-9-13-6-7-14(15)8-13)12-21-18-5-3-4-16(19)11-18/h3-5,11,13-15,17,20H,2,6-10,12H2,1H3. The smallest absolute Gasteiger partial charge is 0.124 e. The van der Waals surface area contributed by atoms with Gasteiger partial charge in [0.05, 0.1) is 0 Å². The number of nitrogens with one attached hydrogen (secondary N) is 1. The van der Waals surface area contributed by atoms with Crippen LogP contribution in [0.25, 0.3) is 0 Å². The largest absolute Gasteiger partial charge is 0.313 e. The topological polar surface area (TPSA) is 12.0 Å². The highest BCUT2D eigenvalue weighted by atomic mass is 32.2. The van der Waals surface area contributed by atoms with Crippen molar-refractivity contribution in [2.45, 2.75) is 50.0 Å². The van der Waals surface area contributed by atoms with E-state index in [0.29, 0.717) is 6.04 Å². The summed E-state index contributed by atoms with van der Waals surface area (Å²) < 4.78 is 13.2. The Morgan fingerprint density at radius 3 is 2.90 bits per heavy atom. The van der Waals surface area contributed by atoms with E-state index >= 15 is 0 Å². The molecule has 0 saturated heterocycles. The molecule has 0 radical (unpaired) electrons. The van der Waals surface area contributed by atoms with Gasteiger partial charge in [0.2, 0.25) is 0 Å². The molecule has 2 fully saturated rings. The Bertz CT molecular complexity index is 464. The van der Waals surface area contributed by atoms with Gasteiger partial charge >= 0.3 is 0 Å². The van der Waals surface area contributed by atoms with Crippen molar-refractivity contribution in [3.05, 3.63) is 30.1 Å². The maximum Gasteiger partial charge on any atom is 0.124 e. The molecule has 116 valence electrons. The molecule has 0 heterocycles. The summed E-state index contributed by atoms with van der Waals surface area (Å²) in [7, 11) is 0. The van der Waals surface area contributed by atoms with E-state index in [1.54, 1.807) is 23.9 Å². The number of rotatable bonds is 7. The minimum absolute atomic E-state index is 0.131. The summed E-state index contributed by atoms with van der Waals surface area (Å²) in [6.45, 7) is 3.20. The Hall–Kier alpha value is -0.540. The summed E-state index contributed by atoms with van der Waals surface area (Å²) in [6.07, 6.45) is 7.19. The van der Waals surface area contributed by atoms with E-state index in [9.17, 15) is 4.39 Å². The number of hydrogen-bond acceptors (Lipinski definition) is 2. The molecule has 2 saturated carbocycles. The second kappa shape index (κ2) is 7.15. The predicted octanol–water partition coefficient (Wildman–Crippen LogP) is 4.72. The first-order chi connectivity index (χ1) is 10.2. The normalized spacial score (nSPS) is 29.0. The molecular weight excluding hydrogens is 281 g/mol. The van der Waals surface area contributed by atoms with E-state index < -0.39 is 0 Å². The molecule has 0 aromatic heterocycles. The van der Waals surface area contributed by atoms with Crippen LogP contribution in [-0.2, 0) is 0 Å². The van der Waals surface area contributed by atoms with E-state index in [1.807, 2.05) is 6.07 Å². The van der Waals surface area contributed by atoms with Crippen molar-refractivity contribution in [1.29, 1.82) is 0 Å². The minimum atomic E-state index is -0.131. The van der Waals surface area contributed by atoms with Gasteiger partial charge in [-0.15, -0.1) is 11.8 Å². The summed E-state index contributed by atoms with van der Waals surface area (Å²) in [5.41, 5.74) is 0. The van der Waals surface area contributed by atoms with Crippen LogP contribution in [-0.4, -0.2) is 18.3 Å². The Morgan fingerprint density at radius 2 is 2.24 bits per heavy atom. The van der Waals surface area contributed by atoms with E-state index in [1.165, 1.54) is 38.2 Å². The highest BCUT2D eigenvalue weighted by molar-refractivity contribution is 7.99. The average Bonchev–Trinajstić information content (AvgIpc) is 3.08. The third-order valence-corrected chi connectivity index (χ3v) is 6.37. The van der Waals surface area contributed by atoms with Gasteiger partial charge in [-0.1, -0.05) is 19.4 Å². The Morgan fingerprint density at radius 1 is 1.33 bits per heavy atom. The van der Waals surface area contributed by atoms with Crippen LogP contribution in [0.4, 0.5) is 4.39 Å². The van der Waals surface area contributed by atoms with Gasteiger partial charge < -0.3 is 5.32 Å². The monoisotopic (exact) mass is 307 g/mol. The van der Waals surface area contributed by atoms with Crippen LogP contribution in [0, 0.1) is 23.6 Å². The zero-order chi connectivity index (χ0) is 14.7. The molecular formula is C18H26FNS. The number of thioether (sulfide) groups is 1. The van der Waals surface area contributed by atoms with Gasteiger partial charge in [0, 0.05) is 16.7 Å². The van der Waals surface area contributed by atoms with Gasteiger partial charge in [-0.2, -0.15) is 0 Å². The third-order valence-electron chi connectivity index (χ3n) is 5.21. The first-order valence-electron chi connectivity index (χ1n) is 8.36. The number of halogens is 1. The van der Waals surface area contributed by atoms with Gasteiger partial charge in [0.15, 0.2) is 0 Å². The minimum Gasteiger partial charge on any atom is -0.313 e. The lowest BCUT2D eigenvalue weighted by Crippen LogP contribution is -2.34. The molecule has 2 aliphatic rings. The number of benzene rings is 1. The summed E-state index contributed by atoms with van der Waals surface area (Å²) in [5.74, 6) is 3.87. The predicted molar refractivity (Wildman–Crippen MR) is 88.1 cm³/mol. The molecule has 2 bridgehead atoms. The van der Waals surface area contributed by atoms with Crippen molar-refractivity contribution in [3.63, 3.8) is 0 Å². The van der Waals surface area contributed by atoms with Crippen LogP contribution in [0.5, 0.6) is 0 Å². The lowest BCUT2D eigenvalue weighted by molar-refractivity contribution is 0.287. The highest BCUT2D eigenvalue weighted by Gasteiger charge is 2.39. The maximum atomic E-state index is 13.2. The van der Waals surface area contributed by atoms with E-state index in [2.05, 4.69) is 12.2 Å².